The number of nitrogens with one attached hydrogen (secondary N) is 1. The van der Waals surface area contributed by atoms with Crippen molar-refractivity contribution in [2.75, 3.05) is 13.2 Å². The van der Waals surface area contributed by atoms with Crippen molar-refractivity contribution in [3.63, 3.8) is 0 Å². The van der Waals surface area contributed by atoms with Crippen LogP contribution in [-0.4, -0.2) is 24.3 Å². The lowest BCUT2D eigenvalue weighted by Gasteiger charge is -2.32. The second-order valence-corrected chi connectivity index (χ2v) is 7.37. The topological polar surface area (TPSA) is 32.3 Å². The smallest absolute Gasteiger partial charge is 0.0436 e. The van der Waals surface area contributed by atoms with E-state index in [1.54, 1.807) is 0 Å². The molecule has 1 aromatic rings. The molecule has 1 rings (SSSR count). The molecule has 0 spiro atoms. The Morgan fingerprint density at radius 3 is 2.25 bits per heavy atom. The minimum absolute atomic E-state index is 0.153. The molecule has 0 aliphatic rings. The highest BCUT2D eigenvalue weighted by atomic mass is 16.3. The first kappa shape index (κ1) is 17.2. The Morgan fingerprint density at radius 1 is 1.10 bits per heavy atom. The normalized spacial score (nSPS) is 14.3. The summed E-state index contributed by atoms with van der Waals surface area (Å²) in [5.41, 5.74) is 1.72. The van der Waals surface area contributed by atoms with Crippen molar-refractivity contribution in [3.8, 4) is 0 Å². The van der Waals surface area contributed by atoms with Gasteiger partial charge in [0.05, 0.1) is 0 Å². The molecular weight excluding hydrogens is 246 g/mol. The highest BCUT2D eigenvalue weighted by molar-refractivity contribution is 5.23. The van der Waals surface area contributed by atoms with Crippen molar-refractivity contribution in [3.05, 3.63) is 35.9 Å². The Bertz CT molecular complexity index is 384. The molecule has 20 heavy (non-hydrogen) atoms. The first-order valence-electron chi connectivity index (χ1n) is 7.67. The van der Waals surface area contributed by atoms with Gasteiger partial charge in [-0.2, -0.15) is 0 Å². The summed E-state index contributed by atoms with van der Waals surface area (Å²) in [4.78, 5) is 0. The van der Waals surface area contributed by atoms with Gasteiger partial charge in [0.25, 0.3) is 0 Å². The molecule has 0 amide bonds. The van der Waals surface area contributed by atoms with Crippen molar-refractivity contribution >= 4 is 0 Å². The number of hydrogen-bond acceptors (Lipinski definition) is 2. The molecule has 0 fully saturated rings. The zero-order valence-electron chi connectivity index (χ0n) is 13.7. The standard InChI is InChI=1S/C18H31NO/c1-15(19-14-17(2,3)11-12-20)13-18(4,5)16-9-7-6-8-10-16/h6-10,15,19-20H,11-14H2,1-5H3. The van der Waals surface area contributed by atoms with Crippen LogP contribution in [0.25, 0.3) is 0 Å². The summed E-state index contributed by atoms with van der Waals surface area (Å²) in [5, 5.41) is 12.7. The average molecular weight is 277 g/mol. The second kappa shape index (κ2) is 7.24. The Labute approximate surface area is 124 Å². The molecular formula is C18H31NO. The molecule has 1 aromatic carbocycles. The Balaban J connectivity index is 2.51. The van der Waals surface area contributed by atoms with Gasteiger partial charge >= 0.3 is 0 Å². The molecule has 114 valence electrons. The van der Waals surface area contributed by atoms with Gasteiger partial charge in [0.1, 0.15) is 0 Å². The SMILES string of the molecule is CC(CC(C)(C)c1ccccc1)NCC(C)(C)CCO. The fraction of sp³-hybridized carbons (Fsp3) is 0.667. The van der Waals surface area contributed by atoms with Crippen LogP contribution >= 0.6 is 0 Å². The molecule has 0 aliphatic carbocycles. The van der Waals surface area contributed by atoms with Crippen molar-refractivity contribution in [1.82, 2.24) is 5.32 Å². The first-order chi connectivity index (χ1) is 9.27. The molecule has 2 nitrogen and oxygen atoms in total. The summed E-state index contributed by atoms with van der Waals surface area (Å²) in [6.45, 7) is 12.5. The summed E-state index contributed by atoms with van der Waals surface area (Å²) < 4.78 is 0. The van der Waals surface area contributed by atoms with Crippen molar-refractivity contribution in [1.29, 1.82) is 0 Å². The third kappa shape index (κ3) is 5.64. The van der Waals surface area contributed by atoms with Crippen LogP contribution in [0.2, 0.25) is 0 Å². The molecule has 1 atom stereocenters. The first-order valence-corrected chi connectivity index (χ1v) is 7.67. The van der Waals surface area contributed by atoms with Crippen molar-refractivity contribution in [2.24, 2.45) is 5.41 Å². The number of rotatable bonds is 8. The molecule has 0 saturated heterocycles. The maximum Gasteiger partial charge on any atom is 0.0436 e. The van der Waals surface area contributed by atoms with Crippen LogP contribution in [0.1, 0.15) is 53.0 Å². The Kier molecular flexibility index (Phi) is 6.22. The quantitative estimate of drug-likeness (QED) is 0.758. The molecule has 2 heteroatoms. The summed E-state index contributed by atoms with van der Waals surface area (Å²) in [6, 6.07) is 11.2. The highest BCUT2D eigenvalue weighted by Gasteiger charge is 2.24. The van der Waals surface area contributed by atoms with Gasteiger partial charge in [-0.15, -0.1) is 0 Å². The predicted octanol–water partition coefficient (Wildman–Crippen LogP) is 3.74. The van der Waals surface area contributed by atoms with Crippen molar-refractivity contribution in [2.45, 2.75) is 58.9 Å². The monoisotopic (exact) mass is 277 g/mol. The van der Waals surface area contributed by atoms with Gasteiger partial charge in [0.2, 0.25) is 0 Å². The van der Waals surface area contributed by atoms with E-state index in [0.29, 0.717) is 6.04 Å². The minimum Gasteiger partial charge on any atom is -0.396 e. The van der Waals surface area contributed by atoms with Gasteiger partial charge in [-0.1, -0.05) is 58.0 Å². The lowest BCUT2D eigenvalue weighted by molar-refractivity contribution is 0.200. The van der Waals surface area contributed by atoms with Gasteiger partial charge in [-0.25, -0.2) is 0 Å². The van der Waals surface area contributed by atoms with Crippen LogP contribution in [-0.2, 0) is 5.41 Å². The van der Waals surface area contributed by atoms with Gasteiger partial charge in [0, 0.05) is 19.2 Å². The van der Waals surface area contributed by atoms with Crippen LogP contribution in [0.5, 0.6) is 0 Å². The second-order valence-electron chi connectivity index (χ2n) is 7.37. The van der Waals surface area contributed by atoms with E-state index in [9.17, 15) is 0 Å². The summed E-state index contributed by atoms with van der Waals surface area (Å²) in [5.74, 6) is 0. The Hall–Kier alpha value is -0.860. The zero-order valence-corrected chi connectivity index (χ0v) is 13.7. The molecule has 0 bridgehead atoms. The molecule has 0 aliphatic heterocycles. The third-order valence-electron chi connectivity index (χ3n) is 4.09. The predicted molar refractivity (Wildman–Crippen MR) is 87.0 cm³/mol. The molecule has 1 unspecified atom stereocenters. The van der Waals surface area contributed by atoms with Gasteiger partial charge in [-0.05, 0) is 36.2 Å². The summed E-state index contributed by atoms with van der Waals surface area (Å²) in [6.07, 6.45) is 1.95. The number of benzene rings is 1. The summed E-state index contributed by atoms with van der Waals surface area (Å²) >= 11 is 0. The molecule has 2 N–H and O–H groups in total. The van der Waals surface area contributed by atoms with Crippen LogP contribution in [0.15, 0.2) is 30.3 Å². The highest BCUT2D eigenvalue weighted by Crippen LogP contribution is 2.28. The van der Waals surface area contributed by atoms with Gasteiger partial charge < -0.3 is 10.4 Å². The summed E-state index contributed by atoms with van der Waals surface area (Å²) in [7, 11) is 0. The van der Waals surface area contributed by atoms with Crippen LogP contribution in [0, 0.1) is 5.41 Å². The fourth-order valence-corrected chi connectivity index (χ4v) is 2.69. The Morgan fingerprint density at radius 2 is 1.70 bits per heavy atom. The van der Waals surface area contributed by atoms with Crippen molar-refractivity contribution < 1.29 is 5.11 Å². The molecule has 0 aromatic heterocycles. The van der Waals surface area contributed by atoms with Crippen LogP contribution in [0.4, 0.5) is 0 Å². The van der Waals surface area contributed by atoms with E-state index in [4.69, 9.17) is 5.11 Å². The van der Waals surface area contributed by atoms with E-state index in [1.165, 1.54) is 5.56 Å². The number of aliphatic hydroxyl groups excluding tert-OH is 1. The van der Waals surface area contributed by atoms with E-state index in [1.807, 2.05) is 0 Å². The largest absolute Gasteiger partial charge is 0.396 e. The lowest BCUT2D eigenvalue weighted by Crippen LogP contribution is -2.39. The lowest BCUT2D eigenvalue weighted by atomic mass is 9.79. The number of hydrogen-bond donors (Lipinski definition) is 2. The average Bonchev–Trinajstić information content (AvgIpc) is 2.37. The van der Waals surface area contributed by atoms with E-state index < -0.39 is 0 Å². The maximum absolute atomic E-state index is 9.07. The van der Waals surface area contributed by atoms with E-state index in [2.05, 4.69) is 70.3 Å². The van der Waals surface area contributed by atoms with E-state index >= 15 is 0 Å². The molecule has 0 saturated carbocycles. The fourth-order valence-electron chi connectivity index (χ4n) is 2.69. The third-order valence-corrected chi connectivity index (χ3v) is 4.09. The van der Waals surface area contributed by atoms with Crippen LogP contribution < -0.4 is 5.32 Å². The molecule has 0 radical (unpaired) electrons. The van der Waals surface area contributed by atoms with Crippen LogP contribution in [0.3, 0.4) is 0 Å². The van der Waals surface area contributed by atoms with E-state index in [0.717, 1.165) is 19.4 Å². The van der Waals surface area contributed by atoms with Gasteiger partial charge in [-0.3, -0.25) is 0 Å². The number of aliphatic hydroxyl groups is 1. The zero-order chi connectivity index (χ0) is 15.2. The minimum atomic E-state index is 0.153. The molecule has 0 heterocycles. The maximum atomic E-state index is 9.07. The van der Waals surface area contributed by atoms with Gasteiger partial charge in [0.15, 0.2) is 0 Å². The van der Waals surface area contributed by atoms with E-state index in [-0.39, 0.29) is 17.4 Å².